The van der Waals surface area contributed by atoms with Gasteiger partial charge >= 0.3 is 0 Å². The molecular formula is C14H23IOSi. The highest BCUT2D eigenvalue weighted by molar-refractivity contribution is 14.1. The highest BCUT2D eigenvalue weighted by Gasteiger charge is 2.21. The van der Waals surface area contributed by atoms with E-state index >= 15 is 0 Å². The van der Waals surface area contributed by atoms with E-state index in [9.17, 15) is 0 Å². The van der Waals surface area contributed by atoms with Crippen LogP contribution >= 0.6 is 22.6 Å². The SMILES string of the molecule is CCCC[Si](C)(C)OCc1ccc(CI)cc1. The molecular weight excluding hydrogens is 339 g/mol. The van der Waals surface area contributed by atoms with Crippen molar-refractivity contribution in [3.63, 3.8) is 0 Å². The number of halogens is 1. The number of benzene rings is 1. The zero-order chi connectivity index (χ0) is 12.7. The molecule has 0 saturated heterocycles. The lowest BCUT2D eigenvalue weighted by molar-refractivity contribution is 0.294. The molecule has 0 unspecified atom stereocenters. The summed E-state index contributed by atoms with van der Waals surface area (Å²) in [5.41, 5.74) is 2.69. The molecule has 0 heterocycles. The van der Waals surface area contributed by atoms with Crippen molar-refractivity contribution in [2.75, 3.05) is 0 Å². The fraction of sp³-hybridized carbons (Fsp3) is 0.571. The van der Waals surface area contributed by atoms with Crippen LogP contribution in [0, 0.1) is 0 Å². The minimum atomic E-state index is -1.43. The van der Waals surface area contributed by atoms with Gasteiger partial charge in [0.05, 0.1) is 6.61 Å². The fourth-order valence-electron chi connectivity index (χ4n) is 1.68. The van der Waals surface area contributed by atoms with Crippen molar-refractivity contribution in [3.8, 4) is 0 Å². The fourth-order valence-corrected chi connectivity index (χ4v) is 4.09. The first-order valence-corrected chi connectivity index (χ1v) is 11.0. The summed E-state index contributed by atoms with van der Waals surface area (Å²) in [6.07, 6.45) is 2.57. The minimum Gasteiger partial charge on any atom is -0.413 e. The number of unbranched alkanes of at least 4 members (excludes halogenated alkanes) is 1. The Morgan fingerprint density at radius 3 is 2.24 bits per heavy atom. The van der Waals surface area contributed by atoms with Crippen molar-refractivity contribution in [3.05, 3.63) is 35.4 Å². The molecule has 0 bridgehead atoms. The first-order valence-electron chi connectivity index (χ1n) is 6.35. The van der Waals surface area contributed by atoms with Crippen LogP contribution in [-0.2, 0) is 15.5 Å². The molecule has 1 rings (SSSR count). The van der Waals surface area contributed by atoms with Crippen LogP contribution in [0.25, 0.3) is 0 Å². The summed E-state index contributed by atoms with van der Waals surface area (Å²) in [5.74, 6) is 0. The second kappa shape index (κ2) is 7.54. The summed E-state index contributed by atoms with van der Waals surface area (Å²) in [6, 6.07) is 10.1. The van der Waals surface area contributed by atoms with E-state index in [1.165, 1.54) is 30.0 Å². The molecule has 1 aromatic carbocycles. The minimum absolute atomic E-state index is 0.782. The zero-order valence-corrected chi connectivity index (χ0v) is 14.3. The topological polar surface area (TPSA) is 9.23 Å². The maximum absolute atomic E-state index is 6.13. The normalized spacial score (nSPS) is 11.8. The summed E-state index contributed by atoms with van der Waals surface area (Å²) in [4.78, 5) is 0. The Kier molecular flexibility index (Phi) is 6.73. The molecule has 1 nitrogen and oxygen atoms in total. The van der Waals surface area contributed by atoms with Crippen molar-refractivity contribution in [1.82, 2.24) is 0 Å². The molecule has 0 spiro atoms. The smallest absolute Gasteiger partial charge is 0.187 e. The molecule has 0 radical (unpaired) electrons. The van der Waals surface area contributed by atoms with Gasteiger partial charge in [0, 0.05) is 4.43 Å². The predicted octanol–water partition coefficient (Wildman–Crippen LogP) is 5.14. The zero-order valence-electron chi connectivity index (χ0n) is 11.1. The molecule has 0 aromatic heterocycles. The molecule has 3 heteroatoms. The maximum atomic E-state index is 6.13. The average Bonchev–Trinajstić information content (AvgIpc) is 2.35. The first-order chi connectivity index (χ1) is 8.07. The van der Waals surface area contributed by atoms with E-state index in [0.29, 0.717) is 0 Å². The number of hydrogen-bond donors (Lipinski definition) is 0. The first kappa shape index (κ1) is 15.2. The van der Waals surface area contributed by atoms with E-state index in [0.717, 1.165) is 11.0 Å². The average molecular weight is 362 g/mol. The molecule has 0 N–H and O–H groups in total. The van der Waals surface area contributed by atoms with Crippen LogP contribution in [0.1, 0.15) is 30.9 Å². The van der Waals surface area contributed by atoms with Gasteiger partial charge in [-0.2, -0.15) is 0 Å². The Morgan fingerprint density at radius 2 is 1.71 bits per heavy atom. The molecule has 0 aliphatic carbocycles. The van der Waals surface area contributed by atoms with Gasteiger partial charge in [0.1, 0.15) is 0 Å². The molecule has 0 atom stereocenters. The van der Waals surface area contributed by atoms with Gasteiger partial charge in [-0.05, 0) is 30.3 Å². The third-order valence-corrected chi connectivity index (χ3v) is 6.30. The monoisotopic (exact) mass is 362 g/mol. The lowest BCUT2D eigenvalue weighted by Gasteiger charge is -2.22. The summed E-state index contributed by atoms with van der Waals surface area (Å²) in [5, 5.41) is 0. The quantitative estimate of drug-likeness (QED) is 0.371. The van der Waals surface area contributed by atoms with Gasteiger partial charge in [0.2, 0.25) is 0 Å². The van der Waals surface area contributed by atoms with Crippen molar-refractivity contribution in [2.45, 2.75) is 49.9 Å². The van der Waals surface area contributed by atoms with Crippen LogP contribution < -0.4 is 0 Å². The lowest BCUT2D eigenvalue weighted by Crippen LogP contribution is -2.29. The van der Waals surface area contributed by atoms with Crippen LogP contribution in [0.4, 0.5) is 0 Å². The van der Waals surface area contributed by atoms with E-state index < -0.39 is 8.32 Å². The standard InChI is InChI=1S/C14H23IOSi/c1-4-5-10-17(2,3)16-12-14-8-6-13(11-15)7-9-14/h6-9H,4-5,10-12H2,1-3H3. The van der Waals surface area contributed by atoms with Gasteiger partial charge in [-0.25, -0.2) is 0 Å². The van der Waals surface area contributed by atoms with Crippen LogP contribution in [-0.4, -0.2) is 8.32 Å². The third-order valence-electron chi connectivity index (χ3n) is 2.94. The summed E-state index contributed by atoms with van der Waals surface area (Å²) < 4.78 is 7.21. The molecule has 0 aliphatic rings. The molecule has 96 valence electrons. The lowest BCUT2D eigenvalue weighted by atomic mass is 10.2. The maximum Gasteiger partial charge on any atom is 0.187 e. The summed E-state index contributed by atoms with van der Waals surface area (Å²) in [6.45, 7) is 7.67. The molecule has 0 saturated carbocycles. The van der Waals surface area contributed by atoms with E-state index in [1.807, 2.05) is 0 Å². The van der Waals surface area contributed by atoms with E-state index in [-0.39, 0.29) is 0 Å². The van der Waals surface area contributed by atoms with Crippen molar-refractivity contribution in [2.24, 2.45) is 0 Å². The summed E-state index contributed by atoms with van der Waals surface area (Å²) >= 11 is 2.39. The summed E-state index contributed by atoms with van der Waals surface area (Å²) in [7, 11) is -1.43. The van der Waals surface area contributed by atoms with Gasteiger partial charge in [-0.15, -0.1) is 0 Å². The Labute approximate surface area is 120 Å². The van der Waals surface area contributed by atoms with Gasteiger partial charge in [0.15, 0.2) is 8.32 Å². The van der Waals surface area contributed by atoms with E-state index in [1.54, 1.807) is 0 Å². The van der Waals surface area contributed by atoms with Crippen LogP contribution in [0.15, 0.2) is 24.3 Å². The Bertz CT molecular complexity index is 321. The van der Waals surface area contributed by atoms with Crippen LogP contribution in [0.2, 0.25) is 19.1 Å². The second-order valence-electron chi connectivity index (χ2n) is 5.10. The highest BCUT2D eigenvalue weighted by atomic mass is 127. The van der Waals surface area contributed by atoms with Crippen molar-refractivity contribution in [1.29, 1.82) is 0 Å². The van der Waals surface area contributed by atoms with Gasteiger partial charge in [-0.1, -0.05) is 66.6 Å². The Balaban J connectivity index is 2.43. The molecule has 17 heavy (non-hydrogen) atoms. The largest absolute Gasteiger partial charge is 0.413 e. The Morgan fingerprint density at radius 1 is 1.12 bits per heavy atom. The molecule has 0 amide bonds. The number of rotatable bonds is 7. The van der Waals surface area contributed by atoms with E-state index in [2.05, 4.69) is 66.9 Å². The van der Waals surface area contributed by atoms with Crippen molar-refractivity contribution >= 4 is 30.9 Å². The second-order valence-corrected chi connectivity index (χ2v) is 10.2. The van der Waals surface area contributed by atoms with Crippen LogP contribution in [0.5, 0.6) is 0 Å². The number of hydrogen-bond acceptors (Lipinski definition) is 1. The Hall–Kier alpha value is 0.127. The van der Waals surface area contributed by atoms with Crippen LogP contribution in [0.3, 0.4) is 0 Å². The van der Waals surface area contributed by atoms with Gasteiger partial charge < -0.3 is 4.43 Å². The molecule has 0 aliphatic heterocycles. The highest BCUT2D eigenvalue weighted by Crippen LogP contribution is 2.18. The molecule has 0 fully saturated rings. The van der Waals surface area contributed by atoms with Gasteiger partial charge in [-0.3, -0.25) is 0 Å². The molecule has 1 aromatic rings. The van der Waals surface area contributed by atoms with E-state index in [4.69, 9.17) is 4.43 Å². The number of alkyl halides is 1. The third kappa shape index (κ3) is 6.02. The predicted molar refractivity (Wildman–Crippen MR) is 86.2 cm³/mol. The van der Waals surface area contributed by atoms with Crippen molar-refractivity contribution < 1.29 is 4.43 Å². The van der Waals surface area contributed by atoms with Gasteiger partial charge in [0.25, 0.3) is 0 Å².